The van der Waals surface area contributed by atoms with E-state index in [-0.39, 0.29) is 34.8 Å². The molecule has 6 nitrogen and oxygen atoms in total. The second-order valence-corrected chi connectivity index (χ2v) is 10.5. The van der Waals surface area contributed by atoms with Crippen molar-refractivity contribution < 1.29 is 29.3 Å². The average molecular weight is 439 g/mol. The number of carbonyl (C=O) groups is 3. The van der Waals surface area contributed by atoms with Crippen molar-refractivity contribution >= 4 is 29.1 Å². The van der Waals surface area contributed by atoms with Crippen LogP contribution >= 0.6 is 11.6 Å². The van der Waals surface area contributed by atoms with Gasteiger partial charge in [0.2, 0.25) is 5.78 Å². The summed E-state index contributed by atoms with van der Waals surface area (Å²) in [5.74, 6) is -1.07. The molecule has 4 aliphatic carbocycles. The number of carbonyl (C=O) groups excluding carboxylic acids is 3. The Morgan fingerprint density at radius 3 is 2.67 bits per heavy atom. The monoisotopic (exact) mass is 438 g/mol. The molecule has 7 heteroatoms. The Morgan fingerprint density at radius 1 is 1.23 bits per heavy atom. The normalized spacial score (nSPS) is 45.1. The van der Waals surface area contributed by atoms with Gasteiger partial charge in [-0.15, -0.1) is 11.6 Å². The summed E-state index contributed by atoms with van der Waals surface area (Å²) in [7, 11) is 0. The van der Waals surface area contributed by atoms with Crippen LogP contribution in [0.2, 0.25) is 0 Å². The lowest BCUT2D eigenvalue weighted by Gasteiger charge is -2.60. The lowest BCUT2D eigenvalue weighted by atomic mass is 9.45. The molecule has 30 heavy (non-hydrogen) atoms. The van der Waals surface area contributed by atoms with Crippen LogP contribution < -0.4 is 0 Å². The summed E-state index contributed by atoms with van der Waals surface area (Å²) in [6, 6.07) is 0. The smallest absolute Gasteiger partial charge is 0.321 e. The van der Waals surface area contributed by atoms with Crippen LogP contribution in [0.15, 0.2) is 11.6 Å². The maximum atomic E-state index is 12.9. The summed E-state index contributed by atoms with van der Waals surface area (Å²) >= 11 is 5.43. The third-order valence-electron chi connectivity index (χ3n) is 8.98. The largest absolute Gasteiger partial charge is 0.457 e. The van der Waals surface area contributed by atoms with Crippen LogP contribution in [0.3, 0.4) is 0 Å². The number of Topliss-reactive ketones (excluding diaryl/α,β-unsaturated/α-hetero) is 1. The molecule has 166 valence electrons. The van der Waals surface area contributed by atoms with Gasteiger partial charge in [0.25, 0.3) is 0 Å². The summed E-state index contributed by atoms with van der Waals surface area (Å²) < 4.78 is 4.90. The lowest BCUT2D eigenvalue weighted by Crippen LogP contribution is -2.62. The predicted octanol–water partition coefficient (Wildman–Crippen LogP) is 2.57. The van der Waals surface area contributed by atoms with Gasteiger partial charge in [0.05, 0.1) is 6.10 Å². The van der Waals surface area contributed by atoms with Gasteiger partial charge in [-0.25, -0.2) is 0 Å². The van der Waals surface area contributed by atoms with E-state index in [0.29, 0.717) is 25.7 Å². The van der Waals surface area contributed by atoms with Crippen molar-refractivity contribution in [3.63, 3.8) is 0 Å². The van der Waals surface area contributed by atoms with Crippen LogP contribution in [0.5, 0.6) is 0 Å². The van der Waals surface area contributed by atoms with Crippen molar-refractivity contribution in [2.75, 3.05) is 12.5 Å². The molecule has 0 aromatic rings. The number of rotatable bonds is 4. The molecule has 0 heterocycles. The minimum absolute atomic E-state index is 0.0233. The number of aliphatic hydroxyl groups is 2. The van der Waals surface area contributed by atoms with E-state index in [0.717, 1.165) is 24.8 Å². The Kier molecular flexibility index (Phi) is 5.43. The van der Waals surface area contributed by atoms with Crippen LogP contribution in [0.25, 0.3) is 0 Å². The van der Waals surface area contributed by atoms with Gasteiger partial charge in [-0.2, -0.15) is 0 Å². The van der Waals surface area contributed by atoms with Gasteiger partial charge in [-0.1, -0.05) is 19.4 Å². The molecule has 0 aromatic heterocycles. The zero-order valence-corrected chi connectivity index (χ0v) is 18.4. The third-order valence-corrected chi connectivity index (χ3v) is 9.20. The fraction of sp³-hybridized carbons (Fsp3) is 0.783. The van der Waals surface area contributed by atoms with Crippen LogP contribution in [-0.4, -0.2) is 51.9 Å². The molecule has 2 N–H and O–H groups in total. The fourth-order valence-corrected chi connectivity index (χ4v) is 7.53. The Hall–Kier alpha value is -1.24. The van der Waals surface area contributed by atoms with Crippen molar-refractivity contribution in [2.24, 2.45) is 28.6 Å². The summed E-state index contributed by atoms with van der Waals surface area (Å²) in [5.41, 5.74) is -1.46. The van der Waals surface area contributed by atoms with Gasteiger partial charge in [0.1, 0.15) is 11.5 Å². The topological polar surface area (TPSA) is 101 Å². The van der Waals surface area contributed by atoms with E-state index in [1.807, 2.05) is 6.92 Å². The predicted molar refractivity (Wildman–Crippen MR) is 110 cm³/mol. The number of ether oxygens (including phenoxy) is 1. The molecule has 4 rings (SSSR count). The van der Waals surface area contributed by atoms with E-state index in [4.69, 9.17) is 16.3 Å². The number of aliphatic hydroxyl groups excluding tert-OH is 1. The second-order valence-electron chi connectivity index (χ2n) is 10.2. The summed E-state index contributed by atoms with van der Waals surface area (Å²) in [4.78, 5) is 36.3. The van der Waals surface area contributed by atoms with Crippen LogP contribution in [0, 0.1) is 28.6 Å². The van der Waals surface area contributed by atoms with Crippen LogP contribution in [0.4, 0.5) is 0 Å². The molecule has 3 fully saturated rings. The van der Waals surface area contributed by atoms with Crippen molar-refractivity contribution in [1.82, 2.24) is 0 Å². The van der Waals surface area contributed by atoms with E-state index in [1.165, 1.54) is 0 Å². The highest BCUT2D eigenvalue weighted by Crippen LogP contribution is 2.67. The van der Waals surface area contributed by atoms with E-state index >= 15 is 0 Å². The Balaban J connectivity index is 1.62. The number of halogens is 1. The highest BCUT2D eigenvalue weighted by atomic mass is 35.5. The first-order chi connectivity index (χ1) is 14.1. The Morgan fingerprint density at radius 2 is 1.97 bits per heavy atom. The van der Waals surface area contributed by atoms with Crippen molar-refractivity contribution in [2.45, 2.75) is 70.5 Å². The summed E-state index contributed by atoms with van der Waals surface area (Å²) in [6.45, 7) is 3.58. The summed E-state index contributed by atoms with van der Waals surface area (Å²) in [6.07, 6.45) is 5.37. The van der Waals surface area contributed by atoms with Crippen LogP contribution in [0.1, 0.15) is 58.8 Å². The molecule has 0 bridgehead atoms. The maximum Gasteiger partial charge on any atom is 0.321 e. The lowest BCUT2D eigenvalue weighted by molar-refractivity contribution is -0.184. The molecular formula is C23H31ClO6. The molecular weight excluding hydrogens is 408 g/mol. The molecule has 0 amide bonds. The number of allylic oxidation sites excluding steroid dienone is 1. The minimum Gasteiger partial charge on any atom is -0.457 e. The molecule has 0 spiro atoms. The molecule has 0 aromatic carbocycles. The van der Waals surface area contributed by atoms with Gasteiger partial charge in [0.15, 0.2) is 12.4 Å². The van der Waals surface area contributed by atoms with E-state index < -0.39 is 35.5 Å². The maximum absolute atomic E-state index is 12.9. The molecule has 3 saturated carbocycles. The van der Waals surface area contributed by atoms with E-state index in [2.05, 4.69) is 6.92 Å². The Bertz CT molecular complexity index is 808. The average Bonchev–Trinajstić information content (AvgIpc) is 2.97. The third kappa shape index (κ3) is 3.01. The van der Waals surface area contributed by atoms with Gasteiger partial charge >= 0.3 is 5.97 Å². The SMILES string of the molecule is C[C@]12CCC(=O)C=C1CC[C@H]1C3CC[C@](O)(C(=O)COC(=O)CCl)[C@@]3(C)C[C@H](O)[C@@H]12. The van der Waals surface area contributed by atoms with Gasteiger partial charge in [-0.05, 0) is 67.8 Å². The number of hydrogen-bond acceptors (Lipinski definition) is 6. The van der Waals surface area contributed by atoms with Crippen molar-refractivity contribution in [3.05, 3.63) is 11.6 Å². The zero-order valence-electron chi connectivity index (χ0n) is 17.7. The molecule has 0 aliphatic heterocycles. The molecule has 1 unspecified atom stereocenters. The highest BCUT2D eigenvalue weighted by molar-refractivity contribution is 6.26. The second kappa shape index (κ2) is 7.42. The number of alkyl halides is 1. The number of esters is 1. The molecule has 0 radical (unpaired) electrons. The highest BCUT2D eigenvalue weighted by Gasteiger charge is 2.68. The van der Waals surface area contributed by atoms with Crippen molar-refractivity contribution in [3.8, 4) is 0 Å². The minimum atomic E-state index is -1.63. The number of fused-ring (bicyclic) bond motifs is 5. The van der Waals surface area contributed by atoms with Crippen molar-refractivity contribution in [1.29, 1.82) is 0 Å². The van der Waals surface area contributed by atoms with Crippen LogP contribution in [-0.2, 0) is 19.1 Å². The molecule has 7 atom stereocenters. The number of ketones is 2. The first-order valence-corrected chi connectivity index (χ1v) is 11.5. The quantitative estimate of drug-likeness (QED) is 0.516. The van der Waals surface area contributed by atoms with E-state index in [9.17, 15) is 24.6 Å². The first-order valence-electron chi connectivity index (χ1n) is 11.0. The standard InChI is InChI=1S/C23H31ClO6/c1-21-7-5-14(25)9-13(21)3-4-15-16-6-8-23(29,18(27)12-30-19(28)11-24)22(16,2)10-17(26)20(15)21/h9,15-17,20,26,29H,3-8,10-12H2,1-2H3/t15-,16?,17-,20+,21-,22-,23-/m0/s1. The number of hydrogen-bond donors (Lipinski definition) is 2. The fourth-order valence-electron chi connectivity index (χ4n) is 7.45. The molecule has 0 saturated heterocycles. The zero-order chi connectivity index (χ0) is 21.9. The van der Waals surface area contributed by atoms with Gasteiger partial charge < -0.3 is 14.9 Å². The van der Waals surface area contributed by atoms with E-state index in [1.54, 1.807) is 6.08 Å². The Labute approximate surface area is 182 Å². The summed E-state index contributed by atoms with van der Waals surface area (Å²) in [5, 5.41) is 22.8. The first kappa shape index (κ1) is 22.0. The van der Waals surface area contributed by atoms with Gasteiger partial charge in [-0.3, -0.25) is 14.4 Å². The molecule has 4 aliphatic rings. The van der Waals surface area contributed by atoms with Gasteiger partial charge in [0, 0.05) is 11.8 Å².